The molecule has 1 aromatic heterocycles. The fraction of sp³-hybridized carbons (Fsp3) is 0.429. The van der Waals surface area contributed by atoms with Gasteiger partial charge in [-0.1, -0.05) is 0 Å². The Hall–Kier alpha value is -0.970. The van der Waals surface area contributed by atoms with Gasteiger partial charge >= 0.3 is 0 Å². The molecule has 0 saturated carbocycles. The van der Waals surface area contributed by atoms with Crippen LogP contribution < -0.4 is 4.74 Å². The zero-order valence-corrected chi connectivity index (χ0v) is 7.55. The highest BCUT2D eigenvalue weighted by molar-refractivity contribution is 6.28. The van der Waals surface area contributed by atoms with Crippen LogP contribution in [0.3, 0.4) is 0 Å². The van der Waals surface area contributed by atoms with Crippen molar-refractivity contribution in [2.24, 2.45) is 0 Å². The summed E-state index contributed by atoms with van der Waals surface area (Å²) in [7, 11) is 0. The predicted molar refractivity (Wildman–Crippen MR) is 43.3 cm³/mol. The van der Waals surface area contributed by atoms with Crippen molar-refractivity contribution in [3.63, 3.8) is 0 Å². The highest BCUT2D eigenvalue weighted by Gasteiger charge is 2.07. The van der Waals surface area contributed by atoms with Gasteiger partial charge in [0.1, 0.15) is 0 Å². The zero-order valence-electron chi connectivity index (χ0n) is 6.80. The topological polar surface area (TPSA) is 35.0 Å². The molecular weight excluding hydrogens is 202 g/mol. The summed E-state index contributed by atoms with van der Waals surface area (Å²) in [5.74, 6) is 0.0975. The van der Waals surface area contributed by atoms with E-state index < -0.39 is 13.0 Å². The molecule has 0 fully saturated rings. The number of aryl methyl sites for hydroxylation is 1. The Balaban J connectivity index is 2.70. The van der Waals surface area contributed by atoms with Crippen molar-refractivity contribution < 1.29 is 13.5 Å². The number of hydrogen-bond donors (Lipinski definition) is 0. The third kappa shape index (κ3) is 3.10. The van der Waals surface area contributed by atoms with Crippen LogP contribution in [0.1, 0.15) is 5.56 Å². The number of aromatic nitrogens is 2. The largest absolute Gasteiger partial charge is 0.471 e. The summed E-state index contributed by atoms with van der Waals surface area (Å²) >= 11 is 5.44. The summed E-state index contributed by atoms with van der Waals surface area (Å²) in [6, 6.07) is 0. The van der Waals surface area contributed by atoms with Crippen molar-refractivity contribution >= 4 is 11.6 Å². The second kappa shape index (κ2) is 4.32. The normalized spacial score (nSPS) is 10.5. The van der Waals surface area contributed by atoms with Gasteiger partial charge in [-0.15, -0.1) is 0 Å². The van der Waals surface area contributed by atoms with Crippen LogP contribution in [-0.2, 0) is 0 Å². The molecule has 3 nitrogen and oxygen atoms in total. The van der Waals surface area contributed by atoms with Crippen LogP contribution >= 0.6 is 11.6 Å². The van der Waals surface area contributed by atoms with E-state index in [2.05, 4.69) is 9.97 Å². The van der Waals surface area contributed by atoms with Gasteiger partial charge in [0.2, 0.25) is 11.2 Å². The molecule has 0 aliphatic rings. The quantitative estimate of drug-likeness (QED) is 0.714. The fourth-order valence-electron chi connectivity index (χ4n) is 0.694. The molecule has 0 aliphatic carbocycles. The molecule has 0 N–H and O–H groups in total. The Morgan fingerprint density at radius 3 is 2.92 bits per heavy atom. The molecule has 0 unspecified atom stereocenters. The van der Waals surface area contributed by atoms with Crippen molar-refractivity contribution in [1.82, 2.24) is 9.97 Å². The summed E-state index contributed by atoms with van der Waals surface area (Å²) in [5, 5.41) is -0.0186. The summed E-state index contributed by atoms with van der Waals surface area (Å²) in [6.07, 6.45) is -1.11. The van der Waals surface area contributed by atoms with E-state index >= 15 is 0 Å². The average Bonchev–Trinajstić information content (AvgIpc) is 2.06. The summed E-state index contributed by atoms with van der Waals surface area (Å²) in [5.41, 5.74) is 0.574. The number of ether oxygens (including phenoxy) is 1. The van der Waals surface area contributed by atoms with Crippen molar-refractivity contribution in [2.45, 2.75) is 13.3 Å². The molecule has 0 amide bonds. The molecule has 1 rings (SSSR count). The molecular formula is C7H7ClF2N2O. The lowest BCUT2D eigenvalue weighted by Crippen LogP contribution is -2.09. The van der Waals surface area contributed by atoms with Crippen molar-refractivity contribution in [2.75, 3.05) is 6.61 Å². The lowest BCUT2D eigenvalue weighted by molar-refractivity contribution is 0.0791. The number of hydrogen-bond acceptors (Lipinski definition) is 3. The van der Waals surface area contributed by atoms with E-state index in [0.29, 0.717) is 5.56 Å². The molecule has 1 aromatic rings. The SMILES string of the molecule is Cc1cnc(Cl)nc1OCC(F)F. The van der Waals surface area contributed by atoms with Crippen molar-refractivity contribution in [3.05, 3.63) is 17.0 Å². The molecule has 0 saturated heterocycles. The van der Waals surface area contributed by atoms with E-state index in [-0.39, 0.29) is 11.2 Å². The first-order valence-corrected chi connectivity index (χ1v) is 3.87. The van der Waals surface area contributed by atoms with Crippen LogP contribution in [0.2, 0.25) is 5.28 Å². The van der Waals surface area contributed by atoms with Gasteiger partial charge in [0, 0.05) is 11.8 Å². The van der Waals surface area contributed by atoms with Crippen LogP contribution in [0.15, 0.2) is 6.20 Å². The molecule has 0 spiro atoms. The van der Waals surface area contributed by atoms with Crippen LogP contribution in [0.25, 0.3) is 0 Å². The fourth-order valence-corrected chi connectivity index (χ4v) is 0.820. The maximum Gasteiger partial charge on any atom is 0.272 e. The first-order chi connectivity index (χ1) is 6.09. The molecule has 6 heteroatoms. The standard InChI is InChI=1S/C7H7ClF2N2O/c1-4-2-11-7(8)12-6(4)13-3-5(9)10/h2,5H,3H2,1H3. The Kier molecular flexibility index (Phi) is 3.36. The maximum absolute atomic E-state index is 11.8. The zero-order chi connectivity index (χ0) is 9.84. The van der Waals surface area contributed by atoms with Gasteiger partial charge in [-0.25, -0.2) is 13.8 Å². The minimum Gasteiger partial charge on any atom is -0.471 e. The van der Waals surface area contributed by atoms with Crippen molar-refractivity contribution in [3.8, 4) is 5.88 Å². The second-order valence-electron chi connectivity index (χ2n) is 2.33. The average molecular weight is 209 g/mol. The summed E-state index contributed by atoms with van der Waals surface area (Å²) < 4.78 is 28.2. The molecule has 0 atom stereocenters. The van der Waals surface area contributed by atoms with Gasteiger partial charge in [0.25, 0.3) is 6.43 Å². The molecule has 13 heavy (non-hydrogen) atoms. The Labute approximate surface area is 78.7 Å². The number of nitrogens with zero attached hydrogens (tertiary/aromatic N) is 2. The third-order valence-corrected chi connectivity index (χ3v) is 1.42. The number of alkyl halides is 2. The molecule has 0 aliphatic heterocycles. The predicted octanol–water partition coefficient (Wildman–Crippen LogP) is 2.08. The lowest BCUT2D eigenvalue weighted by atomic mass is 10.4. The number of halogens is 3. The minimum absolute atomic E-state index is 0.0186. The van der Waals surface area contributed by atoms with E-state index in [4.69, 9.17) is 16.3 Å². The first-order valence-electron chi connectivity index (χ1n) is 3.49. The number of rotatable bonds is 3. The monoisotopic (exact) mass is 208 g/mol. The Bertz CT molecular complexity index is 296. The van der Waals surface area contributed by atoms with E-state index in [1.54, 1.807) is 6.92 Å². The van der Waals surface area contributed by atoms with Gasteiger partial charge in [-0.2, -0.15) is 4.98 Å². The van der Waals surface area contributed by atoms with E-state index in [0.717, 1.165) is 0 Å². The van der Waals surface area contributed by atoms with Crippen molar-refractivity contribution in [1.29, 1.82) is 0 Å². The minimum atomic E-state index is -2.52. The van der Waals surface area contributed by atoms with E-state index in [9.17, 15) is 8.78 Å². The summed E-state index contributed by atoms with van der Waals surface area (Å²) in [6.45, 7) is 0.964. The van der Waals surface area contributed by atoms with Crippen LogP contribution in [-0.4, -0.2) is 23.0 Å². The molecule has 72 valence electrons. The molecule has 1 heterocycles. The van der Waals surface area contributed by atoms with Crippen LogP contribution in [0.5, 0.6) is 5.88 Å². The van der Waals surface area contributed by atoms with Gasteiger partial charge in [-0.05, 0) is 18.5 Å². The van der Waals surface area contributed by atoms with Gasteiger partial charge in [-0.3, -0.25) is 0 Å². The first kappa shape index (κ1) is 10.1. The van der Waals surface area contributed by atoms with Gasteiger partial charge < -0.3 is 4.74 Å². The Morgan fingerprint density at radius 2 is 2.31 bits per heavy atom. The van der Waals surface area contributed by atoms with E-state index in [1.165, 1.54) is 6.20 Å². The highest BCUT2D eigenvalue weighted by Crippen LogP contribution is 2.15. The highest BCUT2D eigenvalue weighted by atomic mass is 35.5. The smallest absolute Gasteiger partial charge is 0.272 e. The molecule has 0 aromatic carbocycles. The van der Waals surface area contributed by atoms with Crippen LogP contribution in [0.4, 0.5) is 8.78 Å². The third-order valence-electron chi connectivity index (χ3n) is 1.24. The second-order valence-corrected chi connectivity index (χ2v) is 2.67. The van der Waals surface area contributed by atoms with E-state index in [1.807, 2.05) is 0 Å². The molecule has 0 bridgehead atoms. The lowest BCUT2D eigenvalue weighted by Gasteiger charge is -2.06. The Morgan fingerprint density at radius 1 is 1.62 bits per heavy atom. The maximum atomic E-state index is 11.8. The summed E-state index contributed by atoms with van der Waals surface area (Å²) in [4.78, 5) is 7.30. The van der Waals surface area contributed by atoms with Gasteiger partial charge in [0.15, 0.2) is 6.61 Å². The molecule has 0 radical (unpaired) electrons. The van der Waals surface area contributed by atoms with Gasteiger partial charge in [0.05, 0.1) is 0 Å². The van der Waals surface area contributed by atoms with Crippen LogP contribution in [0, 0.1) is 6.92 Å².